The molecule has 2 amide bonds. The molecular formula is C27H24FN3O2. The van der Waals surface area contributed by atoms with Gasteiger partial charge in [0.05, 0.1) is 11.9 Å². The predicted molar refractivity (Wildman–Crippen MR) is 129 cm³/mol. The van der Waals surface area contributed by atoms with E-state index in [1.807, 2.05) is 53.4 Å². The number of para-hydroxylation sites is 1. The highest BCUT2D eigenvalue weighted by molar-refractivity contribution is 6.15. The Balaban J connectivity index is 1.63. The van der Waals surface area contributed by atoms with Crippen molar-refractivity contribution in [3.8, 4) is 11.1 Å². The standard InChI is InChI=1S/C27H24FN3O2/c28-21-15-19(16-23(29)32)27-26(20-8-1-2-9-22(20)30-27)25(21)18-7-5-6-17(14-18)10-11-24(33)31-12-3-4-13-31/h1-2,5-11,14-15,30H,3-4,12-13,16H2,(H2,29,32)/b11-10+. The summed E-state index contributed by atoms with van der Waals surface area (Å²) in [7, 11) is 0. The quantitative estimate of drug-likeness (QED) is 0.437. The number of amides is 2. The summed E-state index contributed by atoms with van der Waals surface area (Å²) in [5, 5.41) is 1.59. The molecule has 6 heteroatoms. The number of hydrogen-bond acceptors (Lipinski definition) is 2. The molecule has 0 atom stereocenters. The summed E-state index contributed by atoms with van der Waals surface area (Å²) in [6.45, 7) is 1.59. The number of carbonyl (C=O) groups is 2. The Kier molecular flexibility index (Phi) is 5.42. The van der Waals surface area contributed by atoms with Crippen LogP contribution in [-0.2, 0) is 16.0 Å². The van der Waals surface area contributed by atoms with Crippen LogP contribution in [0.25, 0.3) is 39.0 Å². The molecular weight excluding hydrogens is 417 g/mol. The third kappa shape index (κ3) is 4.00. The Morgan fingerprint density at radius 3 is 2.64 bits per heavy atom. The maximum absolute atomic E-state index is 15.5. The summed E-state index contributed by atoms with van der Waals surface area (Å²) < 4.78 is 15.5. The average molecular weight is 442 g/mol. The number of aromatic nitrogens is 1. The molecule has 0 spiro atoms. The number of benzene rings is 3. The zero-order valence-corrected chi connectivity index (χ0v) is 18.1. The Hall–Kier alpha value is -3.93. The smallest absolute Gasteiger partial charge is 0.246 e. The van der Waals surface area contributed by atoms with Crippen molar-refractivity contribution >= 4 is 39.7 Å². The number of fused-ring (bicyclic) bond motifs is 3. The van der Waals surface area contributed by atoms with E-state index in [0.717, 1.165) is 47.8 Å². The highest BCUT2D eigenvalue weighted by Gasteiger charge is 2.20. The van der Waals surface area contributed by atoms with Crippen molar-refractivity contribution in [2.45, 2.75) is 19.3 Å². The topological polar surface area (TPSA) is 79.2 Å². The lowest BCUT2D eigenvalue weighted by Gasteiger charge is -2.12. The molecule has 0 unspecified atom stereocenters. The number of likely N-dealkylation sites (tertiary alicyclic amines) is 1. The van der Waals surface area contributed by atoms with Crippen LogP contribution in [0.2, 0.25) is 0 Å². The van der Waals surface area contributed by atoms with Gasteiger partial charge in [0.2, 0.25) is 11.8 Å². The Morgan fingerprint density at radius 1 is 1.06 bits per heavy atom. The summed E-state index contributed by atoms with van der Waals surface area (Å²) in [6.07, 6.45) is 5.39. The molecule has 0 aliphatic carbocycles. The van der Waals surface area contributed by atoms with Crippen LogP contribution in [0, 0.1) is 5.82 Å². The molecule has 2 heterocycles. The summed E-state index contributed by atoms with van der Waals surface area (Å²) in [6, 6.07) is 16.5. The molecule has 1 fully saturated rings. The van der Waals surface area contributed by atoms with Gasteiger partial charge in [-0.1, -0.05) is 36.4 Å². The van der Waals surface area contributed by atoms with Crippen molar-refractivity contribution in [3.63, 3.8) is 0 Å². The van der Waals surface area contributed by atoms with E-state index < -0.39 is 11.7 Å². The molecule has 1 aliphatic rings. The van der Waals surface area contributed by atoms with Gasteiger partial charge < -0.3 is 15.6 Å². The monoisotopic (exact) mass is 441 g/mol. The minimum absolute atomic E-state index is 0.00101. The van der Waals surface area contributed by atoms with Crippen LogP contribution in [0.3, 0.4) is 0 Å². The second kappa shape index (κ2) is 8.54. The van der Waals surface area contributed by atoms with Crippen molar-refractivity contribution in [2.24, 2.45) is 5.73 Å². The molecule has 33 heavy (non-hydrogen) atoms. The molecule has 3 aromatic carbocycles. The summed E-state index contributed by atoms with van der Waals surface area (Å²) >= 11 is 0. The summed E-state index contributed by atoms with van der Waals surface area (Å²) in [5.41, 5.74) is 9.48. The fourth-order valence-electron chi connectivity index (χ4n) is 4.68. The van der Waals surface area contributed by atoms with E-state index in [4.69, 9.17) is 5.73 Å². The van der Waals surface area contributed by atoms with Crippen LogP contribution < -0.4 is 5.73 Å². The van der Waals surface area contributed by atoms with Crippen LogP contribution in [-0.4, -0.2) is 34.8 Å². The average Bonchev–Trinajstić information content (AvgIpc) is 3.46. The summed E-state index contributed by atoms with van der Waals surface area (Å²) in [4.78, 5) is 29.2. The van der Waals surface area contributed by atoms with E-state index in [-0.39, 0.29) is 12.3 Å². The molecule has 0 saturated carbocycles. The molecule has 1 aromatic heterocycles. The van der Waals surface area contributed by atoms with Gasteiger partial charge in [0.1, 0.15) is 5.82 Å². The zero-order valence-electron chi connectivity index (χ0n) is 18.1. The Labute approximate surface area is 190 Å². The van der Waals surface area contributed by atoms with Gasteiger partial charge in [-0.3, -0.25) is 9.59 Å². The first-order valence-electron chi connectivity index (χ1n) is 11.1. The minimum atomic E-state index is -0.517. The van der Waals surface area contributed by atoms with Crippen LogP contribution >= 0.6 is 0 Å². The number of primary amides is 1. The van der Waals surface area contributed by atoms with Crippen molar-refractivity contribution < 1.29 is 14.0 Å². The van der Waals surface area contributed by atoms with Gasteiger partial charge in [-0.25, -0.2) is 4.39 Å². The van der Waals surface area contributed by atoms with Gasteiger partial charge in [-0.2, -0.15) is 0 Å². The molecule has 5 nitrogen and oxygen atoms in total. The number of halogens is 1. The van der Waals surface area contributed by atoms with Crippen molar-refractivity contribution in [2.75, 3.05) is 13.1 Å². The number of nitrogens with one attached hydrogen (secondary N) is 1. The normalized spacial score (nSPS) is 14.0. The van der Waals surface area contributed by atoms with E-state index >= 15 is 4.39 Å². The maximum atomic E-state index is 15.5. The molecule has 1 aliphatic heterocycles. The zero-order chi connectivity index (χ0) is 22.9. The third-order valence-electron chi connectivity index (χ3n) is 6.19. The van der Waals surface area contributed by atoms with E-state index in [9.17, 15) is 9.59 Å². The van der Waals surface area contributed by atoms with Gasteiger partial charge in [-0.05, 0) is 53.8 Å². The number of carbonyl (C=O) groups excluding carboxylic acids is 2. The van der Waals surface area contributed by atoms with Crippen LogP contribution in [0.4, 0.5) is 4.39 Å². The van der Waals surface area contributed by atoms with Crippen LogP contribution in [0.15, 0.2) is 60.7 Å². The van der Waals surface area contributed by atoms with E-state index in [0.29, 0.717) is 22.2 Å². The first-order chi connectivity index (χ1) is 16.0. The lowest BCUT2D eigenvalue weighted by atomic mass is 9.94. The second-order valence-electron chi connectivity index (χ2n) is 8.45. The number of hydrogen-bond donors (Lipinski definition) is 2. The Morgan fingerprint density at radius 2 is 1.85 bits per heavy atom. The largest absolute Gasteiger partial charge is 0.369 e. The number of aromatic amines is 1. The van der Waals surface area contributed by atoms with Crippen LogP contribution in [0.5, 0.6) is 0 Å². The van der Waals surface area contributed by atoms with Gasteiger partial charge in [0.15, 0.2) is 0 Å². The van der Waals surface area contributed by atoms with E-state index in [1.54, 1.807) is 12.2 Å². The van der Waals surface area contributed by atoms with Crippen LogP contribution in [0.1, 0.15) is 24.0 Å². The van der Waals surface area contributed by atoms with Crippen molar-refractivity contribution in [1.82, 2.24) is 9.88 Å². The second-order valence-corrected chi connectivity index (χ2v) is 8.45. The highest BCUT2D eigenvalue weighted by atomic mass is 19.1. The molecule has 166 valence electrons. The van der Waals surface area contributed by atoms with Gasteiger partial charge in [0, 0.05) is 41.0 Å². The lowest BCUT2D eigenvalue weighted by Crippen LogP contribution is -2.25. The highest BCUT2D eigenvalue weighted by Crippen LogP contribution is 2.38. The number of H-pyrrole nitrogens is 1. The first kappa shape index (κ1) is 20.9. The molecule has 4 aromatic rings. The predicted octanol–water partition coefficient (Wildman–Crippen LogP) is 4.79. The number of nitrogens with zero attached hydrogens (tertiary/aromatic N) is 1. The van der Waals surface area contributed by atoms with E-state index in [1.165, 1.54) is 6.07 Å². The molecule has 3 N–H and O–H groups in total. The van der Waals surface area contributed by atoms with E-state index in [2.05, 4.69) is 4.98 Å². The molecule has 0 bridgehead atoms. The SMILES string of the molecule is NC(=O)Cc1cc(F)c(-c2cccc(/C=C/C(=O)N3CCCC3)c2)c2c1[nH]c1ccccc12. The van der Waals surface area contributed by atoms with Gasteiger partial charge in [-0.15, -0.1) is 0 Å². The first-order valence-corrected chi connectivity index (χ1v) is 11.1. The lowest BCUT2D eigenvalue weighted by molar-refractivity contribution is -0.125. The van der Waals surface area contributed by atoms with Crippen molar-refractivity contribution in [3.05, 3.63) is 77.6 Å². The molecule has 5 rings (SSSR count). The summed E-state index contributed by atoms with van der Waals surface area (Å²) in [5.74, 6) is -0.936. The fourth-order valence-corrected chi connectivity index (χ4v) is 4.68. The van der Waals surface area contributed by atoms with Gasteiger partial charge >= 0.3 is 0 Å². The van der Waals surface area contributed by atoms with Gasteiger partial charge in [0.25, 0.3) is 0 Å². The fraction of sp³-hybridized carbons (Fsp3) is 0.185. The minimum Gasteiger partial charge on any atom is -0.369 e. The number of rotatable bonds is 5. The third-order valence-corrected chi connectivity index (χ3v) is 6.19. The Bertz CT molecular complexity index is 1410. The van der Waals surface area contributed by atoms with Crippen molar-refractivity contribution in [1.29, 1.82) is 0 Å². The maximum Gasteiger partial charge on any atom is 0.246 e. The number of nitrogens with two attached hydrogens (primary N) is 1. The molecule has 1 saturated heterocycles. The molecule has 0 radical (unpaired) electrons.